The number of rotatable bonds is 17. The van der Waals surface area contributed by atoms with Crippen molar-refractivity contribution in [3.8, 4) is 5.75 Å². The highest BCUT2D eigenvalue weighted by atomic mass is 16.4. The van der Waals surface area contributed by atoms with Gasteiger partial charge in [-0.1, -0.05) is 26.0 Å². The lowest BCUT2D eigenvalue weighted by atomic mass is 10.0. The normalized spacial score (nSPS) is 14.1. The molecule has 0 aliphatic carbocycles. The molecule has 0 fully saturated rings. The number of carboxylic acids is 1. The van der Waals surface area contributed by atoms with Crippen LogP contribution in [0.3, 0.4) is 0 Å². The van der Waals surface area contributed by atoms with Crippen LogP contribution in [0.15, 0.2) is 24.3 Å². The average Bonchev–Trinajstić information content (AvgIpc) is 2.85. The summed E-state index contributed by atoms with van der Waals surface area (Å²) >= 11 is 0. The summed E-state index contributed by atoms with van der Waals surface area (Å²) in [6.07, 6.45) is 0.791. The predicted molar refractivity (Wildman–Crippen MR) is 139 cm³/mol. The molecule has 0 saturated heterocycles. The molecule has 212 valence electrons. The monoisotopic (exact) mass is 536 g/mol. The third-order valence-corrected chi connectivity index (χ3v) is 5.90. The van der Waals surface area contributed by atoms with Gasteiger partial charge in [0.1, 0.15) is 23.9 Å². The smallest absolute Gasteiger partial charge is 0.326 e. The van der Waals surface area contributed by atoms with E-state index in [0.29, 0.717) is 24.9 Å². The Kier molecular flexibility index (Phi) is 13.8. The molecule has 1 aromatic carbocycles. The molecular weight excluding hydrogens is 496 g/mol. The van der Waals surface area contributed by atoms with Crippen LogP contribution >= 0.6 is 0 Å². The van der Waals surface area contributed by atoms with E-state index in [9.17, 15) is 34.2 Å². The Morgan fingerprint density at radius 2 is 1.39 bits per heavy atom. The van der Waals surface area contributed by atoms with Crippen molar-refractivity contribution in [3.63, 3.8) is 0 Å². The van der Waals surface area contributed by atoms with Gasteiger partial charge in [-0.25, -0.2) is 4.79 Å². The number of nitrogens with two attached hydrogens (primary N) is 3. The summed E-state index contributed by atoms with van der Waals surface area (Å²) < 4.78 is 0. The number of benzene rings is 1. The molecule has 0 aliphatic rings. The minimum absolute atomic E-state index is 0.000325. The van der Waals surface area contributed by atoms with E-state index in [1.54, 1.807) is 26.0 Å². The summed E-state index contributed by atoms with van der Waals surface area (Å²) in [6, 6.07) is 1.31. The van der Waals surface area contributed by atoms with Gasteiger partial charge >= 0.3 is 5.97 Å². The van der Waals surface area contributed by atoms with Crippen molar-refractivity contribution in [2.24, 2.45) is 23.1 Å². The summed E-state index contributed by atoms with van der Waals surface area (Å²) in [5, 5.41) is 26.6. The molecule has 0 saturated carbocycles. The van der Waals surface area contributed by atoms with Crippen LogP contribution in [-0.4, -0.2) is 70.5 Å². The standard InChI is InChI=1S/C25H40N6O7/c1-14(2)21(28)24(36)29-17(10-11-20(27)33)22(34)31-19(13-15-6-8-16(32)9-7-15)23(35)30-18(25(37)38)5-3-4-12-26/h6-9,14,17-19,21,32H,3-5,10-13,26,28H2,1-2H3,(H2,27,33)(H,29,36)(H,30,35)(H,31,34)(H,37,38). The fourth-order valence-corrected chi connectivity index (χ4v) is 3.50. The zero-order chi connectivity index (χ0) is 28.8. The van der Waals surface area contributed by atoms with Crippen LogP contribution in [-0.2, 0) is 30.4 Å². The molecule has 4 amide bonds. The third-order valence-electron chi connectivity index (χ3n) is 5.90. The maximum atomic E-state index is 13.2. The lowest BCUT2D eigenvalue weighted by Gasteiger charge is -2.26. The van der Waals surface area contributed by atoms with Crippen molar-refractivity contribution in [1.29, 1.82) is 0 Å². The van der Waals surface area contributed by atoms with E-state index in [0.717, 1.165) is 0 Å². The minimum Gasteiger partial charge on any atom is -0.508 e. The van der Waals surface area contributed by atoms with E-state index in [1.165, 1.54) is 12.1 Å². The molecule has 0 radical (unpaired) electrons. The van der Waals surface area contributed by atoms with Gasteiger partial charge in [0.2, 0.25) is 23.6 Å². The maximum absolute atomic E-state index is 13.2. The number of primary amides is 1. The minimum atomic E-state index is -1.24. The Bertz CT molecular complexity index is 954. The molecule has 4 atom stereocenters. The van der Waals surface area contributed by atoms with Crippen molar-refractivity contribution >= 4 is 29.6 Å². The summed E-state index contributed by atoms with van der Waals surface area (Å²) in [7, 11) is 0. The lowest BCUT2D eigenvalue weighted by molar-refractivity contribution is -0.142. The molecule has 0 heterocycles. The summed E-state index contributed by atoms with van der Waals surface area (Å²) in [5.74, 6) is -4.30. The number of aromatic hydroxyl groups is 1. The molecule has 0 aliphatic heterocycles. The Morgan fingerprint density at radius 3 is 1.92 bits per heavy atom. The fraction of sp³-hybridized carbons (Fsp3) is 0.560. The molecule has 38 heavy (non-hydrogen) atoms. The van der Waals surface area contributed by atoms with Crippen LogP contribution in [0.2, 0.25) is 0 Å². The number of nitrogens with one attached hydrogen (secondary N) is 3. The zero-order valence-electron chi connectivity index (χ0n) is 21.8. The number of unbranched alkanes of at least 4 members (excludes halogenated alkanes) is 1. The molecule has 11 N–H and O–H groups in total. The Morgan fingerprint density at radius 1 is 0.842 bits per heavy atom. The van der Waals surface area contributed by atoms with Crippen LogP contribution in [0, 0.1) is 5.92 Å². The lowest BCUT2D eigenvalue weighted by Crippen LogP contribution is -2.58. The SMILES string of the molecule is CC(C)C(N)C(=O)NC(CCC(N)=O)C(=O)NC(Cc1ccc(O)cc1)C(=O)NC(CCCCN)C(=O)O. The highest BCUT2D eigenvalue weighted by Crippen LogP contribution is 2.13. The van der Waals surface area contributed by atoms with Gasteiger partial charge in [0.15, 0.2) is 0 Å². The molecule has 13 heteroatoms. The second kappa shape index (κ2) is 16.2. The van der Waals surface area contributed by atoms with Gasteiger partial charge in [-0.05, 0) is 55.8 Å². The highest BCUT2D eigenvalue weighted by molar-refractivity contribution is 5.94. The quantitative estimate of drug-likeness (QED) is 0.112. The third kappa shape index (κ3) is 11.6. The van der Waals surface area contributed by atoms with E-state index < -0.39 is 53.8 Å². The van der Waals surface area contributed by atoms with Gasteiger partial charge in [0.25, 0.3) is 0 Å². The van der Waals surface area contributed by atoms with Gasteiger partial charge in [0.05, 0.1) is 6.04 Å². The van der Waals surface area contributed by atoms with Gasteiger partial charge in [-0.15, -0.1) is 0 Å². The van der Waals surface area contributed by atoms with E-state index in [4.69, 9.17) is 17.2 Å². The van der Waals surface area contributed by atoms with Crippen molar-refractivity contribution in [2.45, 2.75) is 76.5 Å². The van der Waals surface area contributed by atoms with Gasteiger partial charge in [-0.3, -0.25) is 19.2 Å². The molecule has 1 rings (SSSR count). The number of hydrogen-bond donors (Lipinski definition) is 8. The van der Waals surface area contributed by atoms with Gasteiger partial charge in [-0.2, -0.15) is 0 Å². The molecule has 1 aromatic rings. The first-order chi connectivity index (χ1) is 17.8. The van der Waals surface area contributed by atoms with Crippen LogP contribution < -0.4 is 33.2 Å². The second-order valence-corrected chi connectivity index (χ2v) is 9.45. The largest absolute Gasteiger partial charge is 0.508 e. The topological polar surface area (TPSA) is 240 Å². The summed E-state index contributed by atoms with van der Waals surface area (Å²) in [6.45, 7) is 3.83. The first kappa shape index (κ1) is 32.3. The number of amides is 4. The molecule has 4 unspecified atom stereocenters. The van der Waals surface area contributed by atoms with E-state index in [1.807, 2.05) is 0 Å². The number of phenols is 1. The Hall–Kier alpha value is -3.71. The highest BCUT2D eigenvalue weighted by Gasteiger charge is 2.31. The zero-order valence-corrected chi connectivity index (χ0v) is 21.8. The molecule has 13 nitrogen and oxygen atoms in total. The number of carbonyl (C=O) groups excluding carboxylic acids is 4. The molecule has 0 spiro atoms. The van der Waals surface area contributed by atoms with Gasteiger partial charge in [0, 0.05) is 12.8 Å². The first-order valence-electron chi connectivity index (χ1n) is 12.5. The van der Waals surface area contributed by atoms with Crippen molar-refractivity contribution in [3.05, 3.63) is 29.8 Å². The average molecular weight is 537 g/mol. The van der Waals surface area contributed by atoms with E-state index in [-0.39, 0.29) is 37.4 Å². The second-order valence-electron chi connectivity index (χ2n) is 9.45. The van der Waals surface area contributed by atoms with Crippen LogP contribution in [0.5, 0.6) is 5.75 Å². The number of carbonyl (C=O) groups is 5. The fourth-order valence-electron chi connectivity index (χ4n) is 3.50. The Balaban J connectivity index is 3.17. The molecular formula is C25H40N6O7. The van der Waals surface area contributed by atoms with E-state index in [2.05, 4.69) is 16.0 Å². The van der Waals surface area contributed by atoms with Crippen LogP contribution in [0.1, 0.15) is 51.5 Å². The number of aliphatic carboxylic acids is 1. The summed E-state index contributed by atoms with van der Waals surface area (Å²) in [5.41, 5.74) is 17.1. The number of carboxylic acid groups (broad SMARTS) is 1. The van der Waals surface area contributed by atoms with Crippen molar-refractivity contribution in [2.75, 3.05) is 6.54 Å². The number of phenolic OH excluding ortho intramolecular Hbond substituents is 1. The van der Waals surface area contributed by atoms with Crippen LogP contribution in [0.25, 0.3) is 0 Å². The van der Waals surface area contributed by atoms with Crippen molar-refractivity contribution < 1.29 is 34.2 Å². The van der Waals surface area contributed by atoms with Crippen molar-refractivity contribution in [1.82, 2.24) is 16.0 Å². The number of hydrogen-bond acceptors (Lipinski definition) is 8. The molecule has 0 aromatic heterocycles. The van der Waals surface area contributed by atoms with Gasteiger partial charge < -0.3 is 43.4 Å². The van der Waals surface area contributed by atoms with E-state index >= 15 is 0 Å². The van der Waals surface area contributed by atoms with Crippen LogP contribution in [0.4, 0.5) is 0 Å². The maximum Gasteiger partial charge on any atom is 0.326 e. The molecule has 0 bridgehead atoms. The first-order valence-corrected chi connectivity index (χ1v) is 12.5. The predicted octanol–water partition coefficient (Wildman–Crippen LogP) is -1.15. The summed E-state index contributed by atoms with van der Waals surface area (Å²) in [4.78, 5) is 61.9. The Labute approximate surface area is 221 Å².